The summed E-state index contributed by atoms with van der Waals surface area (Å²) in [5.41, 5.74) is 1.96. The van der Waals surface area contributed by atoms with Crippen molar-refractivity contribution in [3.8, 4) is 5.75 Å². The maximum atomic E-state index is 13.7. The van der Waals surface area contributed by atoms with Gasteiger partial charge in [-0.25, -0.2) is 0 Å². The number of rotatable bonds is 10. The first-order chi connectivity index (χ1) is 17.5. The molecule has 3 aromatic rings. The monoisotopic (exact) mass is 660 g/mol. The van der Waals surface area contributed by atoms with Crippen LogP contribution in [0, 0.1) is 3.57 Å². The largest absolute Gasteiger partial charge is 0.484 e. The van der Waals surface area contributed by atoms with Crippen LogP contribution in [0.15, 0.2) is 83.3 Å². The van der Waals surface area contributed by atoms with E-state index in [1.54, 1.807) is 4.90 Å². The van der Waals surface area contributed by atoms with Crippen LogP contribution in [-0.2, 0) is 22.6 Å². The molecule has 188 valence electrons. The Hall–Kier alpha value is -2.39. The molecule has 0 radical (unpaired) electrons. The molecule has 1 fully saturated rings. The molecule has 0 aromatic heterocycles. The highest BCUT2D eigenvalue weighted by molar-refractivity contribution is 14.1. The van der Waals surface area contributed by atoms with Crippen molar-refractivity contribution in [2.75, 3.05) is 6.61 Å². The van der Waals surface area contributed by atoms with Crippen LogP contribution in [0.3, 0.4) is 0 Å². The van der Waals surface area contributed by atoms with Gasteiger partial charge in [-0.1, -0.05) is 71.2 Å². The van der Waals surface area contributed by atoms with Gasteiger partial charge in [0, 0.05) is 27.1 Å². The highest BCUT2D eigenvalue weighted by Crippen LogP contribution is 2.21. The summed E-state index contributed by atoms with van der Waals surface area (Å²) in [4.78, 5) is 29.0. The highest BCUT2D eigenvalue weighted by Gasteiger charge is 2.32. The number of carbonyl (C=O) groups is 2. The molecule has 0 heterocycles. The molecule has 4 rings (SSSR count). The number of nitrogens with one attached hydrogen (secondary N) is 1. The van der Waals surface area contributed by atoms with Gasteiger partial charge in [-0.2, -0.15) is 0 Å². The molecule has 1 atom stereocenters. The van der Waals surface area contributed by atoms with Gasteiger partial charge in [0.25, 0.3) is 5.91 Å². The Morgan fingerprint density at radius 1 is 0.944 bits per heavy atom. The van der Waals surface area contributed by atoms with Crippen LogP contribution in [0.4, 0.5) is 0 Å². The van der Waals surface area contributed by atoms with Gasteiger partial charge in [0.05, 0.1) is 0 Å². The molecule has 2 amide bonds. The second kappa shape index (κ2) is 13.2. The van der Waals surface area contributed by atoms with Crippen molar-refractivity contribution in [2.24, 2.45) is 0 Å². The predicted octanol–water partition coefficient (Wildman–Crippen LogP) is 6.13. The molecular formula is C29H30BrIN2O3. The first kappa shape index (κ1) is 26.7. The van der Waals surface area contributed by atoms with Crippen LogP contribution < -0.4 is 10.1 Å². The van der Waals surface area contributed by atoms with Crippen LogP contribution in [0.2, 0.25) is 0 Å². The molecule has 1 aliphatic rings. The summed E-state index contributed by atoms with van der Waals surface area (Å²) in [6, 6.07) is 24.8. The normalized spacial score (nSPS) is 14.3. The van der Waals surface area contributed by atoms with Crippen molar-refractivity contribution in [3.05, 3.63) is 98.0 Å². The van der Waals surface area contributed by atoms with E-state index in [0.29, 0.717) is 18.7 Å². The topological polar surface area (TPSA) is 58.6 Å². The molecule has 0 spiro atoms. The number of hydrogen-bond acceptors (Lipinski definition) is 3. The van der Waals surface area contributed by atoms with Gasteiger partial charge in [-0.15, -0.1) is 0 Å². The minimum Gasteiger partial charge on any atom is -0.484 e. The van der Waals surface area contributed by atoms with E-state index in [4.69, 9.17) is 4.74 Å². The Morgan fingerprint density at radius 3 is 2.28 bits per heavy atom. The van der Waals surface area contributed by atoms with Gasteiger partial charge in [0.2, 0.25) is 5.91 Å². The van der Waals surface area contributed by atoms with Gasteiger partial charge in [-0.3, -0.25) is 9.59 Å². The second-order valence-electron chi connectivity index (χ2n) is 9.09. The third-order valence-corrected chi connectivity index (χ3v) is 7.66. The summed E-state index contributed by atoms with van der Waals surface area (Å²) in [7, 11) is 0. The summed E-state index contributed by atoms with van der Waals surface area (Å²) in [6.45, 7) is 0.177. The van der Waals surface area contributed by atoms with Crippen molar-refractivity contribution in [1.29, 1.82) is 0 Å². The van der Waals surface area contributed by atoms with Crippen LogP contribution in [0.1, 0.15) is 36.8 Å². The van der Waals surface area contributed by atoms with Gasteiger partial charge >= 0.3 is 0 Å². The molecule has 0 bridgehead atoms. The van der Waals surface area contributed by atoms with Crippen molar-refractivity contribution in [1.82, 2.24) is 10.2 Å². The molecule has 7 heteroatoms. The van der Waals surface area contributed by atoms with Crippen LogP contribution in [0.5, 0.6) is 5.75 Å². The predicted molar refractivity (Wildman–Crippen MR) is 154 cm³/mol. The summed E-state index contributed by atoms with van der Waals surface area (Å²) in [5, 5.41) is 3.23. The number of ether oxygens (including phenoxy) is 1. The number of hydrogen-bond donors (Lipinski definition) is 1. The SMILES string of the molecule is O=C(NC1CCCC1)[C@H](Cc1ccccc1)N(Cc1ccc(Br)cc1)C(=O)COc1ccc(I)cc1. The summed E-state index contributed by atoms with van der Waals surface area (Å²) in [5.74, 6) is 0.298. The van der Waals surface area contributed by atoms with E-state index in [9.17, 15) is 9.59 Å². The summed E-state index contributed by atoms with van der Waals surface area (Å²) in [6.07, 6.45) is 4.66. The fraction of sp³-hybridized carbons (Fsp3) is 0.310. The quantitative estimate of drug-likeness (QED) is 0.266. The zero-order valence-corrected chi connectivity index (χ0v) is 23.8. The molecule has 1 aliphatic carbocycles. The Morgan fingerprint density at radius 2 is 1.61 bits per heavy atom. The first-order valence-electron chi connectivity index (χ1n) is 12.2. The van der Waals surface area contributed by atoms with Crippen molar-refractivity contribution >= 4 is 50.3 Å². The summed E-state index contributed by atoms with van der Waals surface area (Å²) < 4.78 is 7.90. The van der Waals surface area contributed by atoms with Crippen LogP contribution in [0.25, 0.3) is 0 Å². The lowest BCUT2D eigenvalue weighted by atomic mass is 10.0. The average molecular weight is 661 g/mol. The Bertz CT molecular complexity index is 1130. The maximum Gasteiger partial charge on any atom is 0.261 e. The minimum atomic E-state index is -0.649. The lowest BCUT2D eigenvalue weighted by molar-refractivity contribution is -0.143. The maximum absolute atomic E-state index is 13.7. The molecule has 0 saturated heterocycles. The Labute approximate surface area is 234 Å². The minimum absolute atomic E-state index is 0.106. The molecular weight excluding hydrogens is 631 g/mol. The summed E-state index contributed by atoms with van der Waals surface area (Å²) >= 11 is 5.71. The molecule has 1 saturated carbocycles. The number of nitrogens with zero attached hydrogens (tertiary/aromatic N) is 1. The van der Waals surface area contributed by atoms with Crippen molar-refractivity contribution < 1.29 is 14.3 Å². The lowest BCUT2D eigenvalue weighted by Crippen LogP contribution is -2.53. The van der Waals surface area contributed by atoms with E-state index in [1.165, 1.54) is 0 Å². The molecule has 0 aliphatic heterocycles. The van der Waals surface area contributed by atoms with E-state index in [-0.39, 0.29) is 24.5 Å². The van der Waals surface area contributed by atoms with Gasteiger partial charge in [0.15, 0.2) is 6.61 Å². The zero-order valence-electron chi connectivity index (χ0n) is 20.0. The number of amides is 2. The molecule has 36 heavy (non-hydrogen) atoms. The molecule has 5 nitrogen and oxygen atoms in total. The third kappa shape index (κ3) is 7.80. The smallest absolute Gasteiger partial charge is 0.261 e. The first-order valence-corrected chi connectivity index (χ1v) is 14.1. The fourth-order valence-electron chi connectivity index (χ4n) is 4.47. The number of benzene rings is 3. The van der Waals surface area contributed by atoms with E-state index < -0.39 is 6.04 Å². The van der Waals surface area contributed by atoms with Gasteiger partial charge in [0.1, 0.15) is 11.8 Å². The number of halogens is 2. The zero-order chi connectivity index (χ0) is 25.3. The van der Waals surface area contributed by atoms with Gasteiger partial charge in [-0.05, 0) is 83.0 Å². The molecule has 0 unspecified atom stereocenters. The Balaban J connectivity index is 1.59. The van der Waals surface area contributed by atoms with Crippen molar-refractivity contribution in [2.45, 2.75) is 50.7 Å². The van der Waals surface area contributed by atoms with E-state index >= 15 is 0 Å². The fourth-order valence-corrected chi connectivity index (χ4v) is 5.09. The van der Waals surface area contributed by atoms with Crippen molar-refractivity contribution in [3.63, 3.8) is 0 Å². The average Bonchev–Trinajstić information content (AvgIpc) is 3.40. The highest BCUT2D eigenvalue weighted by atomic mass is 127. The molecule has 3 aromatic carbocycles. The van der Waals surface area contributed by atoms with Crippen LogP contribution in [-0.4, -0.2) is 35.4 Å². The third-order valence-electron chi connectivity index (χ3n) is 6.41. The standard InChI is InChI=1S/C29H30BrIN2O3/c30-23-12-10-22(11-13-23)19-33(28(34)20-36-26-16-14-24(31)15-17-26)27(18-21-6-2-1-3-7-21)29(35)32-25-8-4-5-9-25/h1-3,6-7,10-17,25,27H,4-5,8-9,18-20H2,(H,32,35)/t27-/m0/s1. The van der Waals surface area contributed by atoms with E-state index in [1.807, 2.05) is 78.9 Å². The van der Waals surface area contributed by atoms with Crippen LogP contribution >= 0.6 is 38.5 Å². The van der Waals surface area contributed by atoms with E-state index in [0.717, 1.165) is 44.9 Å². The van der Waals surface area contributed by atoms with E-state index in [2.05, 4.69) is 43.8 Å². The second-order valence-corrected chi connectivity index (χ2v) is 11.2. The Kier molecular flexibility index (Phi) is 9.81. The number of carbonyl (C=O) groups excluding carboxylic acids is 2. The van der Waals surface area contributed by atoms with Gasteiger partial charge < -0.3 is 15.0 Å². The lowest BCUT2D eigenvalue weighted by Gasteiger charge is -2.32. The molecule has 1 N–H and O–H groups in total.